The van der Waals surface area contributed by atoms with E-state index in [-0.39, 0.29) is 18.9 Å². The number of rotatable bonds is 56. The Morgan fingerprint density at radius 3 is 1.28 bits per heavy atom. The molecule has 0 aromatic carbocycles. The van der Waals surface area contributed by atoms with Crippen LogP contribution in [0.15, 0.2) is 85.1 Å². The van der Waals surface area contributed by atoms with E-state index in [1.165, 1.54) is 154 Å². The highest BCUT2D eigenvalue weighted by molar-refractivity contribution is 5.76. The monoisotopic (exact) mass is 1210 g/mol. The van der Waals surface area contributed by atoms with E-state index < -0.39 is 86.8 Å². The van der Waals surface area contributed by atoms with Gasteiger partial charge >= 0.3 is 0 Å². The largest absolute Gasteiger partial charge is 0.394 e. The predicted octanol–water partition coefficient (Wildman–Crippen LogP) is 14.0. The van der Waals surface area contributed by atoms with Gasteiger partial charge in [-0.15, -0.1) is 0 Å². The van der Waals surface area contributed by atoms with Gasteiger partial charge in [0.05, 0.1) is 32.0 Å². The number of carbonyl (C=O) groups is 1. The fourth-order valence-electron chi connectivity index (χ4n) is 11.0. The smallest absolute Gasteiger partial charge is 0.220 e. The third-order valence-corrected chi connectivity index (χ3v) is 16.5. The molecule has 2 heterocycles. The highest BCUT2D eigenvalue weighted by Gasteiger charge is 2.51. The molecule has 0 aromatic heterocycles. The average Bonchev–Trinajstić information content (AvgIpc) is 2.54. The second kappa shape index (κ2) is 56.2. The van der Waals surface area contributed by atoms with Gasteiger partial charge in [-0.25, -0.2) is 0 Å². The lowest BCUT2D eigenvalue weighted by molar-refractivity contribution is -0.359. The zero-order valence-corrected chi connectivity index (χ0v) is 54.0. The molecule has 0 radical (unpaired) electrons. The second-order valence-electron chi connectivity index (χ2n) is 24.3. The van der Waals surface area contributed by atoms with Gasteiger partial charge in [-0.1, -0.05) is 266 Å². The SMILES string of the molecule is CC/C=C\C/C=C\C/C=C\C/C=C\CCCCCCCCCCC(=O)NC(COC1OC(CO)C(OC2OC(CO)C(O)C(O)C2O)C(O)C1O)C(O)/C=C/CC/C=C/CC/C=C/CCCCCCCCCCCCCCCCCCCCCCC. The van der Waals surface area contributed by atoms with Crippen molar-refractivity contribution in [2.45, 2.75) is 344 Å². The number of carbonyl (C=O) groups excluding carboxylic acids is 1. The summed E-state index contributed by atoms with van der Waals surface area (Å²) in [5.74, 6) is -0.263. The number of hydrogen-bond donors (Lipinski definition) is 9. The van der Waals surface area contributed by atoms with Crippen LogP contribution in [0.1, 0.15) is 271 Å². The number of nitrogens with one attached hydrogen (secondary N) is 1. The minimum Gasteiger partial charge on any atom is -0.394 e. The lowest BCUT2D eigenvalue weighted by Gasteiger charge is -2.46. The zero-order valence-electron chi connectivity index (χ0n) is 54.0. The number of hydrogen-bond acceptors (Lipinski definition) is 13. The Morgan fingerprint density at radius 1 is 0.430 bits per heavy atom. The van der Waals surface area contributed by atoms with Crippen LogP contribution >= 0.6 is 0 Å². The number of aliphatic hydroxyl groups excluding tert-OH is 8. The van der Waals surface area contributed by atoms with Crippen molar-refractivity contribution in [2.24, 2.45) is 0 Å². The molecule has 498 valence electrons. The van der Waals surface area contributed by atoms with Crippen molar-refractivity contribution in [2.75, 3.05) is 19.8 Å². The molecule has 2 aliphatic rings. The highest BCUT2D eigenvalue weighted by Crippen LogP contribution is 2.30. The minimum absolute atomic E-state index is 0.256. The lowest BCUT2D eigenvalue weighted by atomic mass is 9.97. The molecule has 14 nitrogen and oxygen atoms in total. The summed E-state index contributed by atoms with van der Waals surface area (Å²) in [6, 6.07) is -0.949. The fraction of sp³-hybridized carbons (Fsp3) is 0.792. The topological polar surface area (TPSA) is 228 Å². The minimum atomic E-state index is -1.80. The second-order valence-corrected chi connectivity index (χ2v) is 24.3. The number of ether oxygens (including phenoxy) is 4. The van der Waals surface area contributed by atoms with Gasteiger partial charge in [-0.05, 0) is 83.5 Å². The van der Waals surface area contributed by atoms with Crippen LogP contribution in [0, 0.1) is 0 Å². The van der Waals surface area contributed by atoms with Gasteiger partial charge in [0.15, 0.2) is 12.6 Å². The first-order chi connectivity index (χ1) is 42.1. The van der Waals surface area contributed by atoms with Gasteiger partial charge in [0, 0.05) is 6.42 Å². The zero-order chi connectivity index (χ0) is 62.3. The van der Waals surface area contributed by atoms with E-state index >= 15 is 0 Å². The third kappa shape index (κ3) is 40.0. The van der Waals surface area contributed by atoms with Crippen molar-refractivity contribution in [3.8, 4) is 0 Å². The molecule has 9 N–H and O–H groups in total. The fourth-order valence-corrected chi connectivity index (χ4v) is 11.0. The first-order valence-corrected chi connectivity index (χ1v) is 34.8. The Labute approximate surface area is 522 Å². The van der Waals surface area contributed by atoms with Crippen LogP contribution in [0.3, 0.4) is 0 Å². The van der Waals surface area contributed by atoms with Crippen LogP contribution in [0.4, 0.5) is 0 Å². The van der Waals surface area contributed by atoms with E-state index in [1.807, 2.05) is 6.08 Å². The molecule has 0 spiro atoms. The van der Waals surface area contributed by atoms with Crippen molar-refractivity contribution in [3.05, 3.63) is 85.1 Å². The quantitative estimate of drug-likeness (QED) is 0.0204. The molecule has 12 atom stereocenters. The Bertz CT molecular complexity index is 1770. The van der Waals surface area contributed by atoms with Crippen LogP contribution in [0.5, 0.6) is 0 Å². The summed E-state index contributed by atoms with van der Waals surface area (Å²) in [4.78, 5) is 13.3. The van der Waals surface area contributed by atoms with Gasteiger partial charge in [-0.3, -0.25) is 4.79 Å². The first-order valence-electron chi connectivity index (χ1n) is 34.8. The van der Waals surface area contributed by atoms with Crippen LogP contribution in [-0.4, -0.2) is 140 Å². The summed E-state index contributed by atoms with van der Waals surface area (Å²) in [5, 5.41) is 87.4. The number of unbranched alkanes of at least 4 members (excludes halogenated alkanes) is 31. The molecule has 14 heteroatoms. The van der Waals surface area contributed by atoms with Gasteiger partial charge in [0.25, 0.3) is 0 Å². The van der Waals surface area contributed by atoms with E-state index in [0.29, 0.717) is 12.8 Å². The predicted molar refractivity (Wildman–Crippen MR) is 350 cm³/mol. The molecule has 86 heavy (non-hydrogen) atoms. The molecule has 2 saturated heterocycles. The van der Waals surface area contributed by atoms with E-state index in [2.05, 4.69) is 92.1 Å². The Kier molecular flexibility index (Phi) is 51.8. The first kappa shape index (κ1) is 79.3. The van der Waals surface area contributed by atoms with E-state index in [9.17, 15) is 45.6 Å². The number of aliphatic hydroxyl groups is 8. The van der Waals surface area contributed by atoms with Crippen molar-refractivity contribution >= 4 is 5.91 Å². The average molecular weight is 1210 g/mol. The summed E-state index contributed by atoms with van der Waals surface area (Å²) in [5.41, 5.74) is 0. The van der Waals surface area contributed by atoms with E-state index in [4.69, 9.17) is 18.9 Å². The maximum Gasteiger partial charge on any atom is 0.220 e. The Hall–Kier alpha value is -2.83. The Balaban J connectivity index is 1.71. The summed E-state index contributed by atoms with van der Waals surface area (Å²) < 4.78 is 22.8. The van der Waals surface area contributed by atoms with Gasteiger partial charge < -0.3 is 65.1 Å². The van der Waals surface area contributed by atoms with Crippen LogP contribution in [0.2, 0.25) is 0 Å². The molecule has 1 amide bonds. The van der Waals surface area contributed by atoms with Crippen LogP contribution in [-0.2, 0) is 23.7 Å². The molecule has 2 fully saturated rings. The number of allylic oxidation sites excluding steroid dienone is 13. The molecule has 0 aromatic rings. The van der Waals surface area contributed by atoms with E-state index in [1.54, 1.807) is 6.08 Å². The molecular weight excluding hydrogens is 1090 g/mol. The molecule has 0 saturated carbocycles. The van der Waals surface area contributed by atoms with Gasteiger partial charge in [0.2, 0.25) is 5.91 Å². The van der Waals surface area contributed by atoms with Crippen molar-refractivity contribution in [1.29, 1.82) is 0 Å². The van der Waals surface area contributed by atoms with Gasteiger partial charge in [-0.2, -0.15) is 0 Å². The summed E-state index contributed by atoms with van der Waals surface area (Å²) in [7, 11) is 0. The Morgan fingerprint density at radius 2 is 0.814 bits per heavy atom. The van der Waals surface area contributed by atoms with Crippen molar-refractivity contribution in [3.63, 3.8) is 0 Å². The standard InChI is InChI=1S/C72H127NO13/c1-3-5-7-9-11-13-15-17-19-21-23-25-26-27-28-29-30-31-32-33-34-36-37-39-41-43-45-47-49-51-53-55-61(76)60(59-83-71-69(82)67(80)70(63(58-75)85-71)86-72-68(81)66(79)65(78)62(57-74)84-72)73-64(77)56-54-52-50-48-46-44-42-40-38-35-24-22-20-18-16-14-12-10-8-6-4-2/h6,8,12,14,18,20,24,35,37,39,45,47,53,55,60-63,65-72,74-76,78-82H,3-5,7,9-11,13,15-17,19,21-23,25-34,36,38,40-44,46,48-52,54,56-59H2,1-2H3,(H,73,77)/b8-6-,14-12-,20-18-,35-24-,39-37+,47-45+,55-53+. The molecule has 12 unspecified atom stereocenters. The summed E-state index contributed by atoms with van der Waals surface area (Å²) in [6.45, 7) is 2.68. The third-order valence-electron chi connectivity index (χ3n) is 16.5. The molecular formula is C72H127NO13. The molecule has 0 aliphatic carbocycles. The number of amides is 1. The lowest BCUT2D eigenvalue weighted by Crippen LogP contribution is -2.65. The summed E-state index contributed by atoms with van der Waals surface area (Å²) >= 11 is 0. The molecule has 2 aliphatic heterocycles. The maximum absolute atomic E-state index is 13.3. The van der Waals surface area contributed by atoms with Crippen molar-refractivity contribution < 1.29 is 64.6 Å². The van der Waals surface area contributed by atoms with Gasteiger partial charge in [0.1, 0.15) is 48.8 Å². The summed E-state index contributed by atoms with van der Waals surface area (Å²) in [6.07, 6.45) is 60.7. The normalized spacial score (nSPS) is 23.9. The van der Waals surface area contributed by atoms with E-state index in [0.717, 1.165) is 83.5 Å². The maximum atomic E-state index is 13.3. The van der Waals surface area contributed by atoms with Crippen LogP contribution < -0.4 is 5.32 Å². The van der Waals surface area contributed by atoms with Crippen molar-refractivity contribution in [1.82, 2.24) is 5.32 Å². The molecule has 0 bridgehead atoms. The van der Waals surface area contributed by atoms with Crippen LogP contribution in [0.25, 0.3) is 0 Å². The highest BCUT2D eigenvalue weighted by atomic mass is 16.7. The molecule has 2 rings (SSSR count).